The molecule has 3 aromatic rings. The molecule has 1 aliphatic carbocycles. The van der Waals surface area contributed by atoms with E-state index in [0.29, 0.717) is 17.8 Å². The van der Waals surface area contributed by atoms with Crippen molar-refractivity contribution in [2.24, 2.45) is 11.5 Å². The number of nitrogens with two attached hydrogens (primary N) is 2. The lowest BCUT2D eigenvalue weighted by molar-refractivity contribution is 0.0917. The Morgan fingerprint density at radius 2 is 1.80 bits per heavy atom. The number of aromatic nitrogens is 1. The molecule has 1 amide bonds. The van der Waals surface area contributed by atoms with E-state index in [1.54, 1.807) is 0 Å². The van der Waals surface area contributed by atoms with Gasteiger partial charge in [-0.1, -0.05) is 42.5 Å². The van der Waals surface area contributed by atoms with Crippen molar-refractivity contribution in [2.45, 2.75) is 50.7 Å². The van der Waals surface area contributed by atoms with Crippen molar-refractivity contribution in [3.63, 3.8) is 0 Å². The summed E-state index contributed by atoms with van der Waals surface area (Å²) in [6.45, 7) is 0.674. The molecule has 156 valence electrons. The van der Waals surface area contributed by atoms with Crippen LogP contribution in [-0.4, -0.2) is 28.4 Å². The zero-order valence-corrected chi connectivity index (χ0v) is 17.1. The third-order valence-corrected chi connectivity index (χ3v) is 6.02. The molecule has 4 rings (SSSR count). The summed E-state index contributed by atoms with van der Waals surface area (Å²) in [6.07, 6.45) is 4.55. The number of nitrogens with zero attached hydrogens (tertiary/aromatic N) is 1. The molecule has 30 heavy (non-hydrogen) atoms. The number of nitrogens with one attached hydrogen (secondary N) is 2. The molecule has 1 aromatic heterocycles. The molecule has 0 radical (unpaired) electrons. The van der Waals surface area contributed by atoms with E-state index >= 15 is 0 Å². The van der Waals surface area contributed by atoms with Crippen LogP contribution in [-0.2, 0) is 13.0 Å². The quantitative estimate of drug-likeness (QED) is 0.375. The largest absolute Gasteiger partial charge is 0.384 e. The standard InChI is InChI=1S/C24H29N5O/c25-19-8-10-20(11-9-19)28-24(30)22-14-17-6-7-18(23(26)27)15-21(17)29(22)13-12-16-4-2-1-3-5-16/h1-7,14-15,19-20H,8-13,25H2,(H3,26,27)(H,28,30)/t19-,20-. The highest BCUT2D eigenvalue weighted by Crippen LogP contribution is 2.24. The lowest BCUT2D eigenvalue weighted by Crippen LogP contribution is -2.41. The van der Waals surface area contributed by atoms with Crippen LogP contribution in [0.15, 0.2) is 54.6 Å². The van der Waals surface area contributed by atoms with Gasteiger partial charge in [0.15, 0.2) is 0 Å². The summed E-state index contributed by atoms with van der Waals surface area (Å²) in [5.74, 6) is -0.0265. The second-order valence-corrected chi connectivity index (χ2v) is 8.19. The van der Waals surface area contributed by atoms with Crippen molar-refractivity contribution in [1.82, 2.24) is 9.88 Å². The fourth-order valence-electron chi connectivity index (χ4n) is 4.26. The van der Waals surface area contributed by atoms with Crippen LogP contribution in [0.3, 0.4) is 0 Å². The van der Waals surface area contributed by atoms with Gasteiger partial charge in [-0.25, -0.2) is 0 Å². The summed E-state index contributed by atoms with van der Waals surface area (Å²) in [5.41, 5.74) is 15.2. The maximum atomic E-state index is 13.2. The summed E-state index contributed by atoms with van der Waals surface area (Å²) in [5, 5.41) is 12.0. The van der Waals surface area contributed by atoms with Gasteiger partial charge in [-0.05, 0) is 49.8 Å². The van der Waals surface area contributed by atoms with Crippen LogP contribution >= 0.6 is 0 Å². The van der Waals surface area contributed by atoms with Crippen LogP contribution < -0.4 is 16.8 Å². The molecule has 0 spiro atoms. The Bertz CT molecular complexity index is 1050. The monoisotopic (exact) mass is 403 g/mol. The summed E-state index contributed by atoms with van der Waals surface area (Å²) in [6, 6.07) is 18.3. The van der Waals surface area contributed by atoms with E-state index in [0.717, 1.165) is 43.0 Å². The van der Waals surface area contributed by atoms with Crippen LogP contribution in [0.5, 0.6) is 0 Å². The van der Waals surface area contributed by atoms with Gasteiger partial charge >= 0.3 is 0 Å². The third-order valence-electron chi connectivity index (χ3n) is 6.02. The first-order chi connectivity index (χ1) is 14.5. The van der Waals surface area contributed by atoms with Crippen molar-refractivity contribution in [3.05, 3.63) is 71.4 Å². The zero-order valence-electron chi connectivity index (χ0n) is 17.1. The molecule has 0 atom stereocenters. The van der Waals surface area contributed by atoms with Gasteiger partial charge in [0, 0.05) is 35.1 Å². The molecule has 1 heterocycles. The van der Waals surface area contributed by atoms with Crippen LogP contribution in [0, 0.1) is 5.41 Å². The number of fused-ring (bicyclic) bond motifs is 1. The Morgan fingerprint density at radius 3 is 2.50 bits per heavy atom. The fourth-order valence-corrected chi connectivity index (χ4v) is 4.26. The fraction of sp³-hybridized carbons (Fsp3) is 0.333. The number of benzene rings is 2. The van der Waals surface area contributed by atoms with Crippen LogP contribution in [0.4, 0.5) is 0 Å². The van der Waals surface area contributed by atoms with Gasteiger partial charge in [0.25, 0.3) is 5.91 Å². The highest BCUT2D eigenvalue weighted by Gasteiger charge is 2.23. The summed E-state index contributed by atoms with van der Waals surface area (Å²) in [4.78, 5) is 13.2. The Hall–Kier alpha value is -3.12. The maximum absolute atomic E-state index is 13.2. The SMILES string of the molecule is N=C(N)c1ccc2cc(C(=O)N[C@H]3CC[C@H](N)CC3)n(CCc3ccccc3)c2c1. The van der Waals surface area contributed by atoms with Gasteiger partial charge in [0.2, 0.25) is 0 Å². The Morgan fingerprint density at radius 1 is 1.07 bits per heavy atom. The van der Waals surface area contributed by atoms with E-state index in [4.69, 9.17) is 16.9 Å². The lowest BCUT2D eigenvalue weighted by Gasteiger charge is -2.27. The van der Waals surface area contributed by atoms with E-state index in [1.165, 1.54) is 5.56 Å². The van der Waals surface area contributed by atoms with Gasteiger partial charge in [-0.2, -0.15) is 0 Å². The van der Waals surface area contributed by atoms with Crippen molar-refractivity contribution in [3.8, 4) is 0 Å². The first kappa shape index (κ1) is 20.2. The maximum Gasteiger partial charge on any atom is 0.268 e. The number of amidine groups is 1. The molecular weight excluding hydrogens is 374 g/mol. The Balaban J connectivity index is 1.64. The molecule has 1 aliphatic rings. The molecule has 6 heteroatoms. The van der Waals surface area contributed by atoms with Gasteiger partial charge < -0.3 is 21.4 Å². The van der Waals surface area contributed by atoms with E-state index in [9.17, 15) is 4.79 Å². The first-order valence-electron chi connectivity index (χ1n) is 10.6. The number of rotatable bonds is 6. The van der Waals surface area contributed by atoms with E-state index < -0.39 is 0 Å². The third kappa shape index (κ3) is 4.39. The molecule has 1 fully saturated rings. The molecule has 6 nitrogen and oxygen atoms in total. The summed E-state index contributed by atoms with van der Waals surface area (Å²) >= 11 is 0. The second kappa shape index (κ2) is 8.71. The minimum atomic E-state index is -0.0518. The Kier molecular flexibility index (Phi) is 5.86. The van der Waals surface area contributed by atoms with E-state index in [2.05, 4.69) is 22.0 Å². The van der Waals surface area contributed by atoms with Crippen LogP contribution in [0.25, 0.3) is 10.9 Å². The second-order valence-electron chi connectivity index (χ2n) is 8.19. The average Bonchev–Trinajstić information content (AvgIpc) is 3.12. The molecule has 2 aromatic carbocycles. The topological polar surface area (TPSA) is 110 Å². The van der Waals surface area contributed by atoms with E-state index in [-0.39, 0.29) is 23.8 Å². The molecule has 6 N–H and O–H groups in total. The summed E-state index contributed by atoms with van der Waals surface area (Å²) < 4.78 is 2.05. The number of amides is 1. The van der Waals surface area contributed by atoms with Crippen molar-refractivity contribution in [1.29, 1.82) is 5.41 Å². The number of nitrogen functional groups attached to an aromatic ring is 1. The Labute approximate surface area is 176 Å². The molecule has 0 bridgehead atoms. The minimum Gasteiger partial charge on any atom is -0.384 e. The van der Waals surface area contributed by atoms with Crippen molar-refractivity contribution in [2.75, 3.05) is 0 Å². The minimum absolute atomic E-state index is 0.0252. The molecule has 0 aliphatic heterocycles. The van der Waals surface area contributed by atoms with E-state index in [1.807, 2.05) is 42.5 Å². The average molecular weight is 404 g/mol. The summed E-state index contributed by atoms with van der Waals surface area (Å²) in [7, 11) is 0. The smallest absolute Gasteiger partial charge is 0.268 e. The predicted molar refractivity (Wildman–Crippen MR) is 121 cm³/mol. The number of hydrogen-bond acceptors (Lipinski definition) is 3. The van der Waals surface area contributed by atoms with Gasteiger partial charge in [0.1, 0.15) is 11.5 Å². The zero-order chi connectivity index (χ0) is 21.1. The highest BCUT2D eigenvalue weighted by atomic mass is 16.2. The van der Waals surface area contributed by atoms with Crippen molar-refractivity contribution < 1.29 is 4.79 Å². The van der Waals surface area contributed by atoms with Gasteiger partial charge in [-0.15, -0.1) is 0 Å². The normalized spacial score (nSPS) is 19.0. The molecule has 0 unspecified atom stereocenters. The lowest BCUT2D eigenvalue weighted by atomic mass is 9.92. The number of aryl methyl sites for hydroxylation is 2. The predicted octanol–water partition coefficient (Wildman–Crippen LogP) is 3.17. The van der Waals surface area contributed by atoms with Crippen molar-refractivity contribution >= 4 is 22.6 Å². The van der Waals surface area contributed by atoms with Gasteiger partial charge in [-0.3, -0.25) is 10.2 Å². The van der Waals surface area contributed by atoms with Crippen LogP contribution in [0.1, 0.15) is 47.3 Å². The van der Waals surface area contributed by atoms with Gasteiger partial charge in [0.05, 0.1) is 0 Å². The van der Waals surface area contributed by atoms with Crippen LogP contribution in [0.2, 0.25) is 0 Å². The number of carbonyl (C=O) groups excluding carboxylic acids is 1. The first-order valence-corrected chi connectivity index (χ1v) is 10.6. The number of hydrogen-bond donors (Lipinski definition) is 4. The highest BCUT2D eigenvalue weighted by molar-refractivity contribution is 6.02. The number of carbonyl (C=O) groups is 1. The molecule has 0 saturated heterocycles. The molecular formula is C24H29N5O. The molecule has 1 saturated carbocycles.